The Balaban J connectivity index is 1.29. The average molecular weight is 603 g/mol. The van der Waals surface area contributed by atoms with Crippen molar-refractivity contribution < 1.29 is 23.8 Å². The lowest BCUT2D eigenvalue weighted by molar-refractivity contribution is -0.143. The van der Waals surface area contributed by atoms with Crippen molar-refractivity contribution in [2.75, 3.05) is 26.9 Å². The molecule has 1 amide bonds. The van der Waals surface area contributed by atoms with Gasteiger partial charge in [0.25, 0.3) is 5.91 Å². The summed E-state index contributed by atoms with van der Waals surface area (Å²) in [4.78, 5) is 28.3. The van der Waals surface area contributed by atoms with E-state index in [1.54, 1.807) is 30.8 Å². The molecule has 1 saturated carbocycles. The monoisotopic (exact) mass is 602 g/mol. The van der Waals surface area contributed by atoms with E-state index >= 15 is 0 Å². The van der Waals surface area contributed by atoms with Gasteiger partial charge in [-0.25, -0.2) is 4.68 Å². The van der Waals surface area contributed by atoms with Crippen molar-refractivity contribution in [3.63, 3.8) is 0 Å². The first kappa shape index (κ1) is 29.0. The third-order valence-electron chi connectivity index (χ3n) is 8.30. The molecule has 0 radical (unpaired) electrons. The summed E-state index contributed by atoms with van der Waals surface area (Å²) in [6, 6.07) is 15.3. The standard InChI is InChI=1S/C33H35ClN4O5/c1-4-42-31(39)17-27(22-14-29-32(30(15-22)41-3)37(2)36-35-29)25-7-5-6-21-18-38(13-12-24(21)25)33(40)26-11-10-23(16-28(26)34)43-19-20-8-9-20/h5-7,10-11,14-16,20,27H,4,8-9,12-13,17-19H2,1-3H3/t27-/m1/s1. The minimum absolute atomic E-state index is 0.115. The number of esters is 1. The topological polar surface area (TPSA) is 95.8 Å². The maximum absolute atomic E-state index is 13.6. The normalized spacial score (nSPS) is 15.2. The van der Waals surface area contributed by atoms with Crippen LogP contribution >= 0.6 is 11.6 Å². The average Bonchev–Trinajstić information content (AvgIpc) is 3.78. The number of rotatable bonds is 10. The second-order valence-electron chi connectivity index (χ2n) is 11.2. The van der Waals surface area contributed by atoms with Crippen LogP contribution in [0.1, 0.15) is 64.7 Å². The maximum Gasteiger partial charge on any atom is 0.306 e. The number of fused-ring (bicyclic) bond motifs is 2. The van der Waals surface area contributed by atoms with Gasteiger partial charge in [0.05, 0.1) is 37.3 Å². The van der Waals surface area contributed by atoms with Gasteiger partial charge in [-0.1, -0.05) is 35.0 Å². The number of ether oxygens (including phenoxy) is 3. The van der Waals surface area contributed by atoms with Crippen LogP contribution in [0, 0.1) is 5.92 Å². The Morgan fingerprint density at radius 2 is 1.98 bits per heavy atom. The van der Waals surface area contributed by atoms with Gasteiger partial charge in [0.1, 0.15) is 22.5 Å². The molecule has 2 aliphatic rings. The van der Waals surface area contributed by atoms with E-state index in [0.29, 0.717) is 66.2 Å². The van der Waals surface area contributed by atoms with Crippen molar-refractivity contribution in [3.8, 4) is 11.5 Å². The highest BCUT2D eigenvalue weighted by Crippen LogP contribution is 2.38. The fraction of sp³-hybridized carbons (Fsp3) is 0.394. The Morgan fingerprint density at radius 1 is 1.14 bits per heavy atom. The van der Waals surface area contributed by atoms with Crippen LogP contribution in [0.5, 0.6) is 11.5 Å². The number of benzene rings is 3. The molecule has 9 nitrogen and oxygen atoms in total. The largest absolute Gasteiger partial charge is 0.494 e. The fourth-order valence-electron chi connectivity index (χ4n) is 5.89. The summed E-state index contributed by atoms with van der Waals surface area (Å²) in [5.74, 6) is 1.26. The summed E-state index contributed by atoms with van der Waals surface area (Å²) >= 11 is 6.56. The second-order valence-corrected chi connectivity index (χ2v) is 11.6. The van der Waals surface area contributed by atoms with E-state index in [9.17, 15) is 9.59 Å². The van der Waals surface area contributed by atoms with Gasteiger partial charge in [-0.3, -0.25) is 9.59 Å². The zero-order valence-corrected chi connectivity index (χ0v) is 25.4. The number of methoxy groups -OCH3 is 1. The number of carbonyl (C=O) groups excluding carboxylic acids is 2. The highest BCUT2D eigenvalue weighted by Gasteiger charge is 2.30. The molecule has 1 aliphatic carbocycles. The lowest BCUT2D eigenvalue weighted by Gasteiger charge is -2.32. The quantitative estimate of drug-likeness (QED) is 0.215. The smallest absolute Gasteiger partial charge is 0.306 e. The molecule has 10 heteroatoms. The molecule has 0 bridgehead atoms. The summed E-state index contributed by atoms with van der Waals surface area (Å²) in [5.41, 5.74) is 6.02. The van der Waals surface area contributed by atoms with Crippen LogP contribution in [0.25, 0.3) is 11.0 Å². The third kappa shape index (κ3) is 6.04. The number of amides is 1. The molecule has 6 rings (SSSR count). The molecule has 224 valence electrons. The van der Waals surface area contributed by atoms with Crippen molar-refractivity contribution >= 4 is 34.5 Å². The van der Waals surface area contributed by atoms with Gasteiger partial charge in [-0.2, -0.15) is 0 Å². The SMILES string of the molecule is CCOC(=O)C[C@H](c1cc(OC)c2c(c1)nnn2C)c1cccc2c1CCN(C(=O)c1ccc(OCC3CC3)cc1Cl)C2. The number of aryl methyl sites for hydroxylation is 1. The van der Waals surface area contributed by atoms with E-state index in [-0.39, 0.29) is 24.2 Å². The zero-order valence-electron chi connectivity index (χ0n) is 24.6. The molecule has 4 aromatic rings. The van der Waals surface area contributed by atoms with Gasteiger partial charge in [-0.05, 0) is 84.7 Å². The molecule has 2 heterocycles. The van der Waals surface area contributed by atoms with E-state index in [0.717, 1.165) is 27.8 Å². The number of halogens is 1. The van der Waals surface area contributed by atoms with Gasteiger partial charge >= 0.3 is 5.97 Å². The van der Waals surface area contributed by atoms with Crippen LogP contribution in [-0.2, 0) is 29.5 Å². The number of aromatic nitrogens is 3. The molecule has 3 aromatic carbocycles. The third-order valence-corrected chi connectivity index (χ3v) is 8.62. The Hall–Kier alpha value is -4.11. The van der Waals surface area contributed by atoms with Crippen LogP contribution in [-0.4, -0.2) is 58.6 Å². The van der Waals surface area contributed by atoms with E-state index < -0.39 is 0 Å². The molecule has 1 fully saturated rings. The minimum Gasteiger partial charge on any atom is -0.494 e. The van der Waals surface area contributed by atoms with E-state index in [2.05, 4.69) is 16.4 Å². The number of carbonyl (C=O) groups is 2. The Labute approximate surface area is 255 Å². The summed E-state index contributed by atoms with van der Waals surface area (Å²) in [6.07, 6.45) is 3.21. The highest BCUT2D eigenvalue weighted by atomic mass is 35.5. The van der Waals surface area contributed by atoms with Crippen molar-refractivity contribution in [1.82, 2.24) is 19.9 Å². The Kier molecular flexibility index (Phi) is 8.25. The van der Waals surface area contributed by atoms with E-state index in [1.165, 1.54) is 12.8 Å². The second kappa shape index (κ2) is 12.2. The maximum atomic E-state index is 13.6. The molecule has 0 spiro atoms. The first-order valence-electron chi connectivity index (χ1n) is 14.7. The Bertz CT molecular complexity index is 1680. The number of hydrogen-bond donors (Lipinski definition) is 0. The molecular weight excluding hydrogens is 568 g/mol. The highest BCUT2D eigenvalue weighted by molar-refractivity contribution is 6.34. The van der Waals surface area contributed by atoms with Crippen molar-refractivity contribution in [1.29, 1.82) is 0 Å². The molecule has 1 aromatic heterocycles. The fourth-order valence-corrected chi connectivity index (χ4v) is 6.14. The number of hydrogen-bond acceptors (Lipinski definition) is 7. The van der Waals surface area contributed by atoms with Gasteiger partial charge in [0, 0.05) is 26.1 Å². The lowest BCUT2D eigenvalue weighted by atomic mass is 9.82. The first-order chi connectivity index (χ1) is 20.9. The van der Waals surface area contributed by atoms with Gasteiger partial charge in [0.15, 0.2) is 0 Å². The van der Waals surface area contributed by atoms with Crippen LogP contribution in [0.15, 0.2) is 48.5 Å². The summed E-state index contributed by atoms with van der Waals surface area (Å²) < 4.78 is 18.6. The lowest BCUT2D eigenvalue weighted by Crippen LogP contribution is -2.36. The van der Waals surface area contributed by atoms with Crippen molar-refractivity contribution in [2.45, 2.75) is 45.1 Å². The Morgan fingerprint density at radius 3 is 2.72 bits per heavy atom. The van der Waals surface area contributed by atoms with Gasteiger partial charge < -0.3 is 19.1 Å². The summed E-state index contributed by atoms with van der Waals surface area (Å²) in [6.45, 7) is 3.76. The van der Waals surface area contributed by atoms with E-state index in [1.807, 2.05) is 42.3 Å². The molecule has 1 aliphatic heterocycles. The predicted molar refractivity (Wildman–Crippen MR) is 163 cm³/mol. The van der Waals surface area contributed by atoms with Gasteiger partial charge in [-0.15, -0.1) is 5.10 Å². The molecule has 43 heavy (non-hydrogen) atoms. The van der Waals surface area contributed by atoms with Crippen LogP contribution in [0.3, 0.4) is 0 Å². The van der Waals surface area contributed by atoms with Gasteiger partial charge in [0.2, 0.25) is 0 Å². The molecule has 0 unspecified atom stereocenters. The molecule has 1 atom stereocenters. The number of nitrogens with zero attached hydrogens (tertiary/aromatic N) is 4. The van der Waals surface area contributed by atoms with Crippen molar-refractivity contribution in [2.24, 2.45) is 13.0 Å². The van der Waals surface area contributed by atoms with Crippen LogP contribution in [0.2, 0.25) is 5.02 Å². The van der Waals surface area contributed by atoms with Crippen molar-refractivity contribution in [3.05, 3.63) is 81.4 Å². The van der Waals surface area contributed by atoms with Crippen LogP contribution in [0.4, 0.5) is 0 Å². The summed E-state index contributed by atoms with van der Waals surface area (Å²) in [7, 11) is 3.43. The van der Waals surface area contributed by atoms with E-state index in [4.69, 9.17) is 25.8 Å². The predicted octanol–water partition coefficient (Wildman–Crippen LogP) is 5.70. The molecular formula is C33H35ClN4O5. The molecule has 0 saturated heterocycles. The minimum atomic E-state index is -0.297. The molecule has 0 N–H and O–H groups in total. The first-order valence-corrected chi connectivity index (χ1v) is 15.1. The van der Waals surface area contributed by atoms with Crippen LogP contribution < -0.4 is 9.47 Å². The summed E-state index contributed by atoms with van der Waals surface area (Å²) in [5, 5.41) is 8.86. The zero-order chi connectivity index (χ0) is 30.1.